The standard InChI is InChI=1S/C17H21NO2/c1-13-15(9-14-7-5-4-6-8-14)10-18-17(12-20-3)16(13)11-19-2/h4-8,10H,9,11-12H2,1-3H3. The Morgan fingerprint density at radius 1 is 1.00 bits per heavy atom. The van der Waals surface area contributed by atoms with Gasteiger partial charge >= 0.3 is 0 Å². The number of hydrogen-bond acceptors (Lipinski definition) is 3. The molecule has 0 aliphatic heterocycles. The summed E-state index contributed by atoms with van der Waals surface area (Å²) in [6.45, 7) is 3.22. The summed E-state index contributed by atoms with van der Waals surface area (Å²) in [5, 5.41) is 0. The molecular weight excluding hydrogens is 250 g/mol. The highest BCUT2D eigenvalue weighted by Crippen LogP contribution is 2.20. The molecule has 2 aromatic rings. The van der Waals surface area contributed by atoms with E-state index in [1.165, 1.54) is 16.7 Å². The van der Waals surface area contributed by atoms with E-state index in [1.807, 2.05) is 12.3 Å². The lowest BCUT2D eigenvalue weighted by atomic mass is 9.98. The molecule has 1 heterocycles. The molecule has 0 spiro atoms. The minimum atomic E-state index is 0.519. The third-order valence-electron chi connectivity index (χ3n) is 3.47. The number of rotatable bonds is 6. The molecule has 0 bridgehead atoms. The molecule has 0 unspecified atom stereocenters. The molecule has 106 valence electrons. The van der Waals surface area contributed by atoms with Gasteiger partial charge in [-0.15, -0.1) is 0 Å². The summed E-state index contributed by atoms with van der Waals surface area (Å²) in [5.74, 6) is 0. The van der Waals surface area contributed by atoms with Crippen LogP contribution in [-0.4, -0.2) is 19.2 Å². The van der Waals surface area contributed by atoms with E-state index in [0.29, 0.717) is 13.2 Å². The summed E-state index contributed by atoms with van der Waals surface area (Å²) < 4.78 is 10.5. The molecule has 0 N–H and O–H groups in total. The van der Waals surface area contributed by atoms with Gasteiger partial charge in [-0.3, -0.25) is 4.98 Å². The van der Waals surface area contributed by atoms with Crippen LogP contribution in [0.4, 0.5) is 0 Å². The molecule has 3 nitrogen and oxygen atoms in total. The fraction of sp³-hybridized carbons (Fsp3) is 0.353. The highest BCUT2D eigenvalue weighted by Gasteiger charge is 2.11. The number of ether oxygens (including phenoxy) is 2. The van der Waals surface area contributed by atoms with Gasteiger partial charge in [0.25, 0.3) is 0 Å². The minimum Gasteiger partial charge on any atom is -0.380 e. The number of nitrogens with zero attached hydrogens (tertiary/aromatic N) is 1. The molecule has 0 saturated heterocycles. The molecule has 0 aliphatic carbocycles. The first-order chi connectivity index (χ1) is 9.76. The predicted octanol–water partition coefficient (Wildman–Crippen LogP) is 3.27. The largest absolute Gasteiger partial charge is 0.380 e. The zero-order valence-corrected chi connectivity index (χ0v) is 12.3. The van der Waals surface area contributed by atoms with Crippen LogP contribution in [0.15, 0.2) is 36.5 Å². The maximum absolute atomic E-state index is 5.31. The second kappa shape index (κ2) is 7.17. The van der Waals surface area contributed by atoms with Crippen molar-refractivity contribution in [2.75, 3.05) is 14.2 Å². The van der Waals surface area contributed by atoms with Gasteiger partial charge in [-0.1, -0.05) is 30.3 Å². The third kappa shape index (κ3) is 3.44. The van der Waals surface area contributed by atoms with Gasteiger partial charge < -0.3 is 9.47 Å². The van der Waals surface area contributed by atoms with Crippen LogP contribution in [0.1, 0.15) is 27.9 Å². The summed E-state index contributed by atoms with van der Waals surface area (Å²) in [4.78, 5) is 4.54. The maximum Gasteiger partial charge on any atom is 0.0887 e. The minimum absolute atomic E-state index is 0.519. The quantitative estimate of drug-likeness (QED) is 0.808. The molecule has 0 fully saturated rings. The molecule has 20 heavy (non-hydrogen) atoms. The lowest BCUT2D eigenvalue weighted by Crippen LogP contribution is -2.07. The Kier molecular flexibility index (Phi) is 5.27. The van der Waals surface area contributed by atoms with Gasteiger partial charge in [0, 0.05) is 26.0 Å². The number of pyridine rings is 1. The van der Waals surface area contributed by atoms with Crippen LogP contribution in [0.3, 0.4) is 0 Å². The molecule has 1 aromatic carbocycles. The van der Waals surface area contributed by atoms with Gasteiger partial charge in [-0.2, -0.15) is 0 Å². The van der Waals surface area contributed by atoms with Crippen LogP contribution < -0.4 is 0 Å². The second-order valence-electron chi connectivity index (χ2n) is 4.86. The zero-order valence-electron chi connectivity index (χ0n) is 12.3. The second-order valence-corrected chi connectivity index (χ2v) is 4.86. The summed E-state index contributed by atoms with van der Waals surface area (Å²) in [6, 6.07) is 10.4. The highest BCUT2D eigenvalue weighted by molar-refractivity contribution is 5.38. The normalized spacial score (nSPS) is 10.8. The SMILES string of the molecule is COCc1ncc(Cc2ccccc2)c(C)c1COC. The predicted molar refractivity (Wildman–Crippen MR) is 79.6 cm³/mol. The van der Waals surface area contributed by atoms with Gasteiger partial charge in [-0.05, 0) is 30.0 Å². The van der Waals surface area contributed by atoms with Crippen molar-refractivity contribution >= 4 is 0 Å². The zero-order chi connectivity index (χ0) is 14.4. The van der Waals surface area contributed by atoms with E-state index in [0.717, 1.165) is 17.7 Å². The summed E-state index contributed by atoms with van der Waals surface area (Å²) in [7, 11) is 3.39. The average Bonchev–Trinajstić information content (AvgIpc) is 2.47. The van der Waals surface area contributed by atoms with Crippen LogP contribution >= 0.6 is 0 Å². The molecule has 3 heteroatoms. The number of benzene rings is 1. The molecule has 0 atom stereocenters. The molecular formula is C17H21NO2. The number of hydrogen-bond donors (Lipinski definition) is 0. The van der Waals surface area contributed by atoms with E-state index in [9.17, 15) is 0 Å². The molecule has 0 saturated carbocycles. The van der Waals surface area contributed by atoms with Gasteiger partial charge in [0.15, 0.2) is 0 Å². The average molecular weight is 271 g/mol. The topological polar surface area (TPSA) is 31.4 Å². The van der Waals surface area contributed by atoms with E-state index < -0.39 is 0 Å². The van der Waals surface area contributed by atoms with Crippen molar-refractivity contribution in [2.45, 2.75) is 26.6 Å². The lowest BCUT2D eigenvalue weighted by Gasteiger charge is -2.15. The van der Waals surface area contributed by atoms with Crippen LogP contribution in [0.5, 0.6) is 0 Å². The first-order valence-corrected chi connectivity index (χ1v) is 6.74. The van der Waals surface area contributed by atoms with Gasteiger partial charge in [0.2, 0.25) is 0 Å². The van der Waals surface area contributed by atoms with Crippen molar-refractivity contribution in [3.63, 3.8) is 0 Å². The van der Waals surface area contributed by atoms with E-state index in [4.69, 9.17) is 9.47 Å². The lowest BCUT2D eigenvalue weighted by molar-refractivity contribution is 0.165. The molecule has 0 amide bonds. The fourth-order valence-corrected chi connectivity index (χ4v) is 2.33. The van der Waals surface area contributed by atoms with Crippen LogP contribution in [-0.2, 0) is 29.1 Å². The highest BCUT2D eigenvalue weighted by atomic mass is 16.5. The third-order valence-corrected chi connectivity index (χ3v) is 3.47. The Morgan fingerprint density at radius 3 is 2.35 bits per heavy atom. The maximum atomic E-state index is 5.31. The summed E-state index contributed by atoms with van der Waals surface area (Å²) >= 11 is 0. The van der Waals surface area contributed by atoms with Gasteiger partial charge in [0.1, 0.15) is 0 Å². The van der Waals surface area contributed by atoms with Crippen molar-refractivity contribution in [1.82, 2.24) is 4.98 Å². The Labute approximate surface area is 120 Å². The van der Waals surface area contributed by atoms with E-state index >= 15 is 0 Å². The van der Waals surface area contributed by atoms with Crippen molar-refractivity contribution in [3.05, 3.63) is 64.5 Å². The molecule has 0 aliphatic rings. The van der Waals surface area contributed by atoms with Crippen molar-refractivity contribution in [2.24, 2.45) is 0 Å². The molecule has 2 rings (SSSR count). The Morgan fingerprint density at radius 2 is 1.70 bits per heavy atom. The van der Waals surface area contributed by atoms with Crippen molar-refractivity contribution < 1.29 is 9.47 Å². The van der Waals surface area contributed by atoms with E-state index in [2.05, 4.69) is 36.2 Å². The van der Waals surface area contributed by atoms with E-state index in [-0.39, 0.29) is 0 Å². The number of methoxy groups -OCH3 is 2. The monoisotopic (exact) mass is 271 g/mol. The summed E-state index contributed by atoms with van der Waals surface area (Å²) in [5.41, 5.74) is 5.88. The van der Waals surface area contributed by atoms with Crippen molar-refractivity contribution in [3.8, 4) is 0 Å². The van der Waals surface area contributed by atoms with Crippen molar-refractivity contribution in [1.29, 1.82) is 0 Å². The van der Waals surface area contributed by atoms with Crippen LogP contribution in [0, 0.1) is 6.92 Å². The molecule has 0 radical (unpaired) electrons. The van der Waals surface area contributed by atoms with E-state index in [1.54, 1.807) is 14.2 Å². The summed E-state index contributed by atoms with van der Waals surface area (Å²) in [6.07, 6.45) is 2.85. The fourth-order valence-electron chi connectivity index (χ4n) is 2.33. The smallest absolute Gasteiger partial charge is 0.0887 e. The van der Waals surface area contributed by atoms with Gasteiger partial charge in [0.05, 0.1) is 18.9 Å². The Bertz CT molecular complexity index is 552. The Hall–Kier alpha value is -1.71. The first-order valence-electron chi connectivity index (χ1n) is 6.74. The first kappa shape index (κ1) is 14.7. The Balaban J connectivity index is 2.32. The van der Waals surface area contributed by atoms with Crippen LogP contribution in [0.25, 0.3) is 0 Å². The number of aromatic nitrogens is 1. The van der Waals surface area contributed by atoms with Gasteiger partial charge in [-0.25, -0.2) is 0 Å². The van der Waals surface area contributed by atoms with Crippen LogP contribution in [0.2, 0.25) is 0 Å². The molecule has 1 aromatic heterocycles.